The van der Waals surface area contributed by atoms with Crippen molar-refractivity contribution < 1.29 is 17.2 Å². The molecule has 0 aliphatic rings. The normalized spacial score (nSPS) is 11.6. The van der Waals surface area contributed by atoms with E-state index in [0.29, 0.717) is 12.3 Å². The van der Waals surface area contributed by atoms with Crippen molar-refractivity contribution in [2.75, 3.05) is 11.3 Å². The lowest BCUT2D eigenvalue weighted by molar-refractivity contribution is 0.464. The molecule has 114 valence electrons. The van der Waals surface area contributed by atoms with Gasteiger partial charge in [0.1, 0.15) is 16.5 Å². The molecule has 1 aromatic heterocycles. The van der Waals surface area contributed by atoms with Gasteiger partial charge in [0.2, 0.25) is 0 Å². The van der Waals surface area contributed by atoms with Crippen LogP contribution < -0.4 is 10.0 Å². The third-order valence-corrected chi connectivity index (χ3v) is 4.88. The summed E-state index contributed by atoms with van der Waals surface area (Å²) in [6, 6.07) is 6.50. The Morgan fingerprint density at radius 2 is 1.95 bits per heavy atom. The maximum Gasteiger partial charge on any atom is 0.266 e. The SMILES string of the molecule is CCNCc1cc(S(=O)(=O)Nc2ccc(F)cc2)c(Br)o1. The summed E-state index contributed by atoms with van der Waals surface area (Å²) < 4.78 is 45.2. The van der Waals surface area contributed by atoms with Gasteiger partial charge in [-0.3, -0.25) is 4.72 Å². The second-order valence-electron chi connectivity index (χ2n) is 4.24. The third kappa shape index (κ3) is 4.05. The van der Waals surface area contributed by atoms with E-state index < -0.39 is 15.8 Å². The molecule has 2 rings (SSSR count). The minimum atomic E-state index is -3.80. The molecular weight excluding hydrogens is 363 g/mol. The van der Waals surface area contributed by atoms with Gasteiger partial charge in [-0.15, -0.1) is 0 Å². The molecule has 2 N–H and O–H groups in total. The standard InChI is InChI=1S/C13H14BrFN2O3S/c1-2-16-8-11-7-12(13(14)20-11)21(18,19)17-10-5-3-9(15)4-6-10/h3-7,16-17H,2,8H2,1H3. The molecule has 2 aromatic rings. The average molecular weight is 377 g/mol. The van der Waals surface area contributed by atoms with E-state index in [9.17, 15) is 12.8 Å². The average Bonchev–Trinajstić information content (AvgIpc) is 2.81. The molecule has 1 aromatic carbocycles. The molecule has 8 heteroatoms. The highest BCUT2D eigenvalue weighted by Crippen LogP contribution is 2.28. The Kier molecular flexibility index (Phi) is 5.02. The number of halogens is 2. The smallest absolute Gasteiger partial charge is 0.266 e. The van der Waals surface area contributed by atoms with E-state index in [2.05, 4.69) is 26.0 Å². The second kappa shape index (κ2) is 6.59. The lowest BCUT2D eigenvalue weighted by atomic mass is 10.3. The number of hydrogen-bond donors (Lipinski definition) is 2. The van der Waals surface area contributed by atoms with Crippen LogP contribution in [0.5, 0.6) is 0 Å². The summed E-state index contributed by atoms with van der Waals surface area (Å²) in [6.07, 6.45) is 0. The van der Waals surface area contributed by atoms with Crippen LogP contribution in [0.3, 0.4) is 0 Å². The molecule has 0 unspecified atom stereocenters. The first-order chi connectivity index (χ1) is 9.92. The molecule has 0 bridgehead atoms. The molecule has 0 spiro atoms. The number of sulfonamides is 1. The molecule has 0 fully saturated rings. The van der Waals surface area contributed by atoms with Gasteiger partial charge in [-0.25, -0.2) is 12.8 Å². The van der Waals surface area contributed by atoms with Crippen LogP contribution in [-0.4, -0.2) is 15.0 Å². The van der Waals surface area contributed by atoms with Gasteiger partial charge in [0, 0.05) is 11.8 Å². The zero-order valence-electron chi connectivity index (χ0n) is 11.2. The summed E-state index contributed by atoms with van der Waals surface area (Å²) in [6.45, 7) is 3.11. The summed E-state index contributed by atoms with van der Waals surface area (Å²) in [5.41, 5.74) is 0.276. The molecule has 21 heavy (non-hydrogen) atoms. The topological polar surface area (TPSA) is 71.3 Å². The number of anilines is 1. The van der Waals surface area contributed by atoms with E-state index in [-0.39, 0.29) is 15.3 Å². The first-order valence-electron chi connectivity index (χ1n) is 6.19. The van der Waals surface area contributed by atoms with Crippen LogP contribution in [0.15, 0.2) is 44.3 Å². The molecule has 0 saturated carbocycles. The van der Waals surface area contributed by atoms with Crippen molar-refractivity contribution in [1.82, 2.24) is 5.32 Å². The fourth-order valence-electron chi connectivity index (χ4n) is 1.64. The van der Waals surface area contributed by atoms with E-state index in [1.165, 1.54) is 30.3 Å². The molecule has 0 saturated heterocycles. The monoisotopic (exact) mass is 376 g/mol. The third-order valence-electron chi connectivity index (χ3n) is 2.64. The van der Waals surface area contributed by atoms with E-state index in [0.717, 1.165) is 6.54 Å². The number of benzene rings is 1. The van der Waals surface area contributed by atoms with E-state index >= 15 is 0 Å². The van der Waals surface area contributed by atoms with Gasteiger partial charge in [-0.2, -0.15) is 0 Å². The Morgan fingerprint density at radius 1 is 1.29 bits per heavy atom. The van der Waals surface area contributed by atoms with Crippen molar-refractivity contribution in [2.45, 2.75) is 18.4 Å². The number of nitrogens with one attached hydrogen (secondary N) is 2. The summed E-state index contributed by atoms with van der Waals surface area (Å²) in [5.74, 6) is 0.0681. The summed E-state index contributed by atoms with van der Waals surface area (Å²) >= 11 is 3.10. The molecule has 0 atom stereocenters. The lowest BCUT2D eigenvalue weighted by Crippen LogP contribution is -2.13. The van der Waals surface area contributed by atoms with Gasteiger partial charge >= 0.3 is 0 Å². The molecule has 0 radical (unpaired) electrons. The van der Waals surface area contributed by atoms with Crippen LogP contribution >= 0.6 is 15.9 Å². The zero-order valence-corrected chi connectivity index (χ0v) is 13.6. The van der Waals surface area contributed by atoms with Crippen molar-refractivity contribution in [3.05, 3.63) is 46.6 Å². The number of furan rings is 1. The fourth-order valence-corrected chi connectivity index (χ4v) is 3.70. The highest BCUT2D eigenvalue weighted by atomic mass is 79.9. The maximum absolute atomic E-state index is 12.8. The van der Waals surface area contributed by atoms with Gasteiger partial charge in [-0.05, 0) is 46.7 Å². The molecule has 0 aliphatic carbocycles. The largest absolute Gasteiger partial charge is 0.451 e. The minimum Gasteiger partial charge on any atom is -0.451 e. The van der Waals surface area contributed by atoms with Crippen molar-refractivity contribution in [2.24, 2.45) is 0 Å². The highest BCUT2D eigenvalue weighted by Gasteiger charge is 2.22. The fraction of sp³-hybridized carbons (Fsp3) is 0.231. The van der Waals surface area contributed by atoms with Crippen LogP contribution in [0.25, 0.3) is 0 Å². The Bertz CT molecular complexity index is 714. The first kappa shape index (κ1) is 16.0. The van der Waals surface area contributed by atoms with Crippen molar-refractivity contribution >= 4 is 31.6 Å². The zero-order chi connectivity index (χ0) is 15.5. The van der Waals surface area contributed by atoms with Crippen LogP contribution in [0.4, 0.5) is 10.1 Å². The van der Waals surface area contributed by atoms with E-state index in [4.69, 9.17) is 4.42 Å². The Morgan fingerprint density at radius 3 is 2.57 bits per heavy atom. The van der Waals surface area contributed by atoms with Gasteiger partial charge in [0.05, 0.1) is 6.54 Å². The number of hydrogen-bond acceptors (Lipinski definition) is 4. The van der Waals surface area contributed by atoms with Gasteiger partial charge in [0.15, 0.2) is 4.67 Å². The molecule has 0 aliphatic heterocycles. The van der Waals surface area contributed by atoms with E-state index in [1.807, 2.05) is 6.92 Å². The van der Waals surface area contributed by atoms with Crippen LogP contribution in [0.1, 0.15) is 12.7 Å². The number of rotatable bonds is 6. The summed E-state index contributed by atoms with van der Waals surface area (Å²) in [5, 5.41) is 3.04. The summed E-state index contributed by atoms with van der Waals surface area (Å²) in [7, 11) is -3.80. The molecular formula is C13H14BrFN2O3S. The Hall–Kier alpha value is -1.38. The van der Waals surface area contributed by atoms with Gasteiger partial charge < -0.3 is 9.73 Å². The lowest BCUT2D eigenvalue weighted by Gasteiger charge is -2.06. The summed E-state index contributed by atoms with van der Waals surface area (Å²) in [4.78, 5) is -0.000252. The quantitative estimate of drug-likeness (QED) is 0.812. The second-order valence-corrected chi connectivity index (χ2v) is 6.61. The predicted molar refractivity (Wildman–Crippen MR) is 81.0 cm³/mol. The predicted octanol–water partition coefficient (Wildman–Crippen LogP) is 3.09. The van der Waals surface area contributed by atoms with Crippen molar-refractivity contribution in [3.63, 3.8) is 0 Å². The van der Waals surface area contributed by atoms with Crippen LogP contribution in [-0.2, 0) is 16.6 Å². The van der Waals surface area contributed by atoms with Crippen LogP contribution in [0.2, 0.25) is 0 Å². The maximum atomic E-state index is 12.8. The van der Waals surface area contributed by atoms with Crippen molar-refractivity contribution in [3.8, 4) is 0 Å². The van der Waals surface area contributed by atoms with Crippen molar-refractivity contribution in [1.29, 1.82) is 0 Å². The molecule has 0 amide bonds. The molecule has 5 nitrogen and oxygen atoms in total. The first-order valence-corrected chi connectivity index (χ1v) is 8.47. The van der Waals surface area contributed by atoms with Gasteiger partial charge in [-0.1, -0.05) is 6.92 Å². The van der Waals surface area contributed by atoms with E-state index in [1.54, 1.807) is 0 Å². The molecule has 1 heterocycles. The van der Waals surface area contributed by atoms with Gasteiger partial charge in [0.25, 0.3) is 10.0 Å². The highest BCUT2D eigenvalue weighted by molar-refractivity contribution is 9.10. The van der Waals surface area contributed by atoms with Crippen LogP contribution in [0, 0.1) is 5.82 Å². The Labute approximate surface area is 130 Å². The minimum absolute atomic E-state index is 0.000252. The Balaban J connectivity index is 2.22.